The van der Waals surface area contributed by atoms with Crippen LogP contribution in [0.25, 0.3) is 0 Å². The van der Waals surface area contributed by atoms with Gasteiger partial charge in [0.2, 0.25) is 5.91 Å². The fourth-order valence-electron chi connectivity index (χ4n) is 2.74. The molecule has 1 aliphatic rings. The van der Waals surface area contributed by atoms with Gasteiger partial charge < -0.3 is 15.0 Å². The Balaban J connectivity index is 1.77. The Labute approximate surface area is 137 Å². The summed E-state index contributed by atoms with van der Waals surface area (Å²) < 4.78 is 0. The van der Waals surface area contributed by atoms with Gasteiger partial charge in [-0.25, -0.2) is 9.78 Å². The summed E-state index contributed by atoms with van der Waals surface area (Å²) in [4.78, 5) is 33.8. The molecule has 1 aliphatic heterocycles. The number of amides is 1. The van der Waals surface area contributed by atoms with E-state index in [1.807, 2.05) is 30.5 Å². The van der Waals surface area contributed by atoms with Crippen molar-refractivity contribution in [2.24, 2.45) is 0 Å². The summed E-state index contributed by atoms with van der Waals surface area (Å²) >= 11 is 1.64. The Kier molecular flexibility index (Phi) is 4.38. The Morgan fingerprint density at radius 3 is 2.78 bits per heavy atom. The van der Waals surface area contributed by atoms with Crippen molar-refractivity contribution in [2.45, 2.75) is 30.3 Å². The standard InChI is InChI=1S/C16H17N3O3S/c1-23-11-4-2-10(3-5-11)6-15(20)19-8-13-12(17-9-18-13)7-14(19)16(21)22/h2-5,9,14H,6-8H2,1H3,(H,17,18)(H,21,22)/t14-/m1/s1. The fourth-order valence-corrected chi connectivity index (χ4v) is 3.15. The van der Waals surface area contributed by atoms with Crippen molar-refractivity contribution in [1.29, 1.82) is 0 Å². The number of hydrogen-bond acceptors (Lipinski definition) is 4. The molecule has 6 nitrogen and oxygen atoms in total. The largest absolute Gasteiger partial charge is 0.480 e. The number of nitrogens with one attached hydrogen (secondary N) is 1. The lowest BCUT2D eigenvalue weighted by molar-refractivity contribution is -0.151. The van der Waals surface area contributed by atoms with Crippen molar-refractivity contribution >= 4 is 23.6 Å². The lowest BCUT2D eigenvalue weighted by Crippen LogP contribution is -2.49. The van der Waals surface area contributed by atoms with E-state index >= 15 is 0 Å². The van der Waals surface area contributed by atoms with Crippen LogP contribution in [0.4, 0.5) is 0 Å². The zero-order valence-electron chi connectivity index (χ0n) is 12.7. The second-order valence-electron chi connectivity index (χ2n) is 5.43. The third-order valence-corrected chi connectivity index (χ3v) is 4.76. The number of aliphatic carboxylic acids is 1. The first-order valence-corrected chi connectivity index (χ1v) is 8.47. The number of thioether (sulfide) groups is 1. The SMILES string of the molecule is CSc1ccc(CC(=O)N2Cc3[nH]cnc3C[C@@H]2C(=O)O)cc1. The van der Waals surface area contributed by atoms with Gasteiger partial charge >= 0.3 is 5.97 Å². The summed E-state index contributed by atoms with van der Waals surface area (Å²) in [5.41, 5.74) is 2.42. The highest BCUT2D eigenvalue weighted by atomic mass is 32.2. The van der Waals surface area contributed by atoms with Crippen LogP contribution in [0.2, 0.25) is 0 Å². The number of carboxylic acids is 1. The molecule has 1 atom stereocenters. The van der Waals surface area contributed by atoms with Crippen LogP contribution in [0.5, 0.6) is 0 Å². The van der Waals surface area contributed by atoms with Gasteiger partial charge in [-0.1, -0.05) is 12.1 Å². The van der Waals surface area contributed by atoms with Gasteiger partial charge in [-0.3, -0.25) is 4.79 Å². The van der Waals surface area contributed by atoms with Crippen molar-refractivity contribution in [1.82, 2.24) is 14.9 Å². The molecule has 120 valence electrons. The third kappa shape index (κ3) is 3.24. The summed E-state index contributed by atoms with van der Waals surface area (Å²) in [5.74, 6) is -1.18. The number of H-pyrrole nitrogens is 1. The molecule has 0 fully saturated rings. The van der Waals surface area contributed by atoms with E-state index in [0.29, 0.717) is 0 Å². The predicted molar refractivity (Wildman–Crippen MR) is 86.2 cm³/mol. The molecule has 0 spiro atoms. The molecule has 1 aromatic heterocycles. The van der Waals surface area contributed by atoms with Gasteiger partial charge in [0.05, 0.1) is 30.7 Å². The summed E-state index contributed by atoms with van der Waals surface area (Å²) in [6, 6.07) is 6.88. The molecule has 7 heteroatoms. The van der Waals surface area contributed by atoms with Gasteiger partial charge in [-0.15, -0.1) is 11.8 Å². The summed E-state index contributed by atoms with van der Waals surface area (Å²) in [5, 5.41) is 9.42. The minimum atomic E-state index is -0.996. The molecule has 0 radical (unpaired) electrons. The lowest BCUT2D eigenvalue weighted by atomic mass is 10.0. The molecular weight excluding hydrogens is 314 g/mol. The quantitative estimate of drug-likeness (QED) is 0.833. The Hall–Kier alpha value is -2.28. The summed E-state index contributed by atoms with van der Waals surface area (Å²) in [6.45, 7) is 0.258. The maximum absolute atomic E-state index is 12.6. The van der Waals surface area contributed by atoms with Gasteiger partial charge in [0.25, 0.3) is 0 Å². The lowest BCUT2D eigenvalue weighted by Gasteiger charge is -2.32. The summed E-state index contributed by atoms with van der Waals surface area (Å²) in [7, 11) is 0. The zero-order valence-corrected chi connectivity index (χ0v) is 13.5. The van der Waals surface area contributed by atoms with E-state index in [1.165, 1.54) is 4.90 Å². The van der Waals surface area contributed by atoms with Crippen LogP contribution in [-0.2, 0) is 29.0 Å². The molecule has 2 N–H and O–H groups in total. The zero-order chi connectivity index (χ0) is 16.4. The molecule has 1 aromatic carbocycles. The van der Waals surface area contributed by atoms with Crippen molar-refractivity contribution in [2.75, 3.05) is 6.26 Å². The highest BCUT2D eigenvalue weighted by molar-refractivity contribution is 7.98. The molecule has 1 amide bonds. The maximum Gasteiger partial charge on any atom is 0.326 e. The van der Waals surface area contributed by atoms with Crippen LogP contribution >= 0.6 is 11.8 Å². The van der Waals surface area contributed by atoms with Crippen LogP contribution < -0.4 is 0 Å². The average Bonchev–Trinajstić information content (AvgIpc) is 3.01. The van der Waals surface area contributed by atoms with Crippen LogP contribution in [-0.4, -0.2) is 44.1 Å². The fraction of sp³-hybridized carbons (Fsp3) is 0.312. The van der Waals surface area contributed by atoms with Gasteiger partial charge in [0.15, 0.2) is 0 Å². The Morgan fingerprint density at radius 2 is 2.13 bits per heavy atom. The first kappa shape index (κ1) is 15.6. The molecule has 0 saturated carbocycles. The van der Waals surface area contributed by atoms with Crippen LogP contribution in [0.1, 0.15) is 17.0 Å². The highest BCUT2D eigenvalue weighted by Crippen LogP contribution is 2.22. The van der Waals surface area contributed by atoms with Crippen molar-refractivity contribution in [3.63, 3.8) is 0 Å². The first-order chi connectivity index (χ1) is 11.1. The second kappa shape index (κ2) is 6.45. The molecule has 3 rings (SSSR count). The number of benzene rings is 1. The third-order valence-electron chi connectivity index (χ3n) is 4.02. The number of rotatable bonds is 4. The number of carbonyl (C=O) groups is 2. The van der Waals surface area contributed by atoms with Gasteiger partial charge in [-0.2, -0.15) is 0 Å². The molecule has 23 heavy (non-hydrogen) atoms. The number of carboxylic acid groups (broad SMARTS) is 1. The van der Waals surface area contributed by atoms with E-state index in [2.05, 4.69) is 9.97 Å². The number of imidazole rings is 1. The van der Waals surface area contributed by atoms with E-state index in [1.54, 1.807) is 18.1 Å². The number of aromatic nitrogens is 2. The second-order valence-corrected chi connectivity index (χ2v) is 6.31. The van der Waals surface area contributed by atoms with Gasteiger partial charge in [0, 0.05) is 11.3 Å². The number of aromatic amines is 1. The van der Waals surface area contributed by atoms with Crippen molar-refractivity contribution < 1.29 is 14.7 Å². The maximum atomic E-state index is 12.6. The molecule has 2 heterocycles. The van der Waals surface area contributed by atoms with E-state index < -0.39 is 12.0 Å². The normalized spacial score (nSPS) is 16.9. The highest BCUT2D eigenvalue weighted by Gasteiger charge is 2.35. The molecule has 0 saturated heterocycles. The van der Waals surface area contributed by atoms with E-state index in [0.717, 1.165) is 21.8 Å². The van der Waals surface area contributed by atoms with E-state index in [9.17, 15) is 14.7 Å². The minimum Gasteiger partial charge on any atom is -0.480 e. The molecular formula is C16H17N3O3S. The van der Waals surface area contributed by atoms with Crippen LogP contribution in [0.3, 0.4) is 0 Å². The van der Waals surface area contributed by atoms with Crippen LogP contribution in [0, 0.1) is 0 Å². The predicted octanol–water partition coefficient (Wildman–Crippen LogP) is 1.71. The monoisotopic (exact) mass is 331 g/mol. The number of fused-ring (bicyclic) bond motifs is 1. The van der Waals surface area contributed by atoms with Gasteiger partial charge in [0.1, 0.15) is 6.04 Å². The van der Waals surface area contributed by atoms with E-state index in [4.69, 9.17) is 0 Å². The van der Waals surface area contributed by atoms with Crippen molar-refractivity contribution in [3.05, 3.63) is 47.5 Å². The summed E-state index contributed by atoms with van der Waals surface area (Å²) in [6.07, 6.45) is 3.97. The smallest absolute Gasteiger partial charge is 0.326 e. The molecule has 0 unspecified atom stereocenters. The molecule has 0 aliphatic carbocycles. The number of carbonyl (C=O) groups excluding carboxylic acids is 1. The minimum absolute atomic E-state index is 0.186. The Bertz CT molecular complexity index is 726. The van der Waals surface area contributed by atoms with E-state index in [-0.39, 0.29) is 25.3 Å². The van der Waals surface area contributed by atoms with Gasteiger partial charge in [-0.05, 0) is 24.0 Å². The molecule has 0 bridgehead atoms. The van der Waals surface area contributed by atoms with Crippen molar-refractivity contribution in [3.8, 4) is 0 Å². The van der Waals surface area contributed by atoms with Crippen LogP contribution in [0.15, 0.2) is 35.5 Å². The number of hydrogen-bond donors (Lipinski definition) is 2. The molecule has 2 aromatic rings. The first-order valence-electron chi connectivity index (χ1n) is 7.25. The average molecular weight is 331 g/mol. The number of nitrogens with zero attached hydrogens (tertiary/aromatic N) is 2. The topological polar surface area (TPSA) is 86.3 Å². The Morgan fingerprint density at radius 1 is 1.39 bits per heavy atom.